The summed E-state index contributed by atoms with van der Waals surface area (Å²) in [5.41, 5.74) is -0.825. The van der Waals surface area contributed by atoms with E-state index in [4.69, 9.17) is 4.74 Å². The molecule has 2 N–H and O–H groups in total. The molecule has 24 heavy (non-hydrogen) atoms. The van der Waals surface area contributed by atoms with Crippen molar-refractivity contribution in [1.29, 1.82) is 0 Å². The third-order valence-electron chi connectivity index (χ3n) is 4.34. The van der Waals surface area contributed by atoms with Crippen LogP contribution in [0.4, 0.5) is 4.79 Å². The number of hydrogen-bond donors (Lipinski definition) is 2. The molecule has 1 fully saturated rings. The molecule has 1 rings (SSSR count). The average Bonchev–Trinajstić information content (AvgIpc) is 2.82. The smallest absolute Gasteiger partial charge is 0.407 e. The number of carbonyl (C=O) groups is 2. The van der Waals surface area contributed by atoms with Crippen molar-refractivity contribution in [1.82, 2.24) is 10.6 Å². The number of carbonyl (C=O) groups excluding carboxylic acids is 2. The van der Waals surface area contributed by atoms with Gasteiger partial charge >= 0.3 is 6.09 Å². The molecule has 0 spiro atoms. The Morgan fingerprint density at radius 2 is 1.71 bits per heavy atom. The lowest BCUT2D eigenvalue weighted by atomic mass is 9.93. The maximum Gasteiger partial charge on any atom is 0.407 e. The van der Waals surface area contributed by atoms with Gasteiger partial charge in [-0.05, 0) is 51.9 Å². The van der Waals surface area contributed by atoms with Gasteiger partial charge in [0.2, 0.25) is 5.91 Å². The predicted molar refractivity (Wildman–Crippen MR) is 96.8 cm³/mol. The van der Waals surface area contributed by atoms with Gasteiger partial charge in [-0.3, -0.25) is 4.79 Å². The zero-order chi connectivity index (χ0) is 18.4. The largest absolute Gasteiger partial charge is 0.444 e. The van der Waals surface area contributed by atoms with E-state index in [0.29, 0.717) is 24.8 Å². The third kappa shape index (κ3) is 8.02. The number of hydrogen-bond acceptors (Lipinski definition) is 3. The van der Waals surface area contributed by atoms with Crippen LogP contribution in [0.1, 0.15) is 80.1 Å². The fourth-order valence-electron chi connectivity index (χ4n) is 3.50. The summed E-state index contributed by atoms with van der Waals surface area (Å²) in [5.74, 6) is 1.07. The molecule has 5 heteroatoms. The van der Waals surface area contributed by atoms with Gasteiger partial charge in [0.05, 0.1) is 5.54 Å². The van der Waals surface area contributed by atoms with E-state index in [2.05, 4.69) is 31.4 Å². The number of rotatable bonds is 7. The Morgan fingerprint density at radius 1 is 1.12 bits per heavy atom. The number of alkyl carbamates (subject to hydrolysis) is 1. The van der Waals surface area contributed by atoms with E-state index >= 15 is 0 Å². The second kappa shape index (κ2) is 8.72. The highest BCUT2D eigenvalue weighted by atomic mass is 16.6. The van der Waals surface area contributed by atoms with E-state index in [9.17, 15) is 9.59 Å². The lowest BCUT2D eigenvalue weighted by Gasteiger charge is -2.32. The number of ether oxygens (including phenoxy) is 1. The molecule has 2 amide bonds. The van der Waals surface area contributed by atoms with Crippen LogP contribution in [0, 0.1) is 11.8 Å². The monoisotopic (exact) mass is 340 g/mol. The Labute approximate surface area is 147 Å². The molecule has 140 valence electrons. The normalized spacial score (nSPS) is 18.3. The highest BCUT2D eigenvalue weighted by Crippen LogP contribution is 2.29. The quantitative estimate of drug-likeness (QED) is 0.736. The van der Waals surface area contributed by atoms with Gasteiger partial charge in [-0.15, -0.1) is 0 Å². The summed E-state index contributed by atoms with van der Waals surface area (Å²) < 4.78 is 5.29. The molecule has 0 saturated heterocycles. The molecule has 0 bridgehead atoms. The van der Waals surface area contributed by atoms with Crippen molar-refractivity contribution in [2.75, 3.05) is 6.54 Å². The molecule has 0 heterocycles. The molecular weight excluding hydrogens is 304 g/mol. The fraction of sp³-hybridized carbons (Fsp3) is 0.895. The second-order valence-corrected chi connectivity index (χ2v) is 8.83. The molecule has 1 saturated carbocycles. The Kier molecular flexibility index (Phi) is 7.56. The summed E-state index contributed by atoms with van der Waals surface area (Å²) >= 11 is 0. The second-order valence-electron chi connectivity index (χ2n) is 8.83. The van der Waals surface area contributed by atoms with E-state index in [1.807, 2.05) is 20.8 Å². The van der Waals surface area contributed by atoms with Gasteiger partial charge in [0.15, 0.2) is 0 Å². The van der Waals surface area contributed by atoms with Crippen LogP contribution in [0.15, 0.2) is 0 Å². The zero-order valence-corrected chi connectivity index (χ0v) is 16.3. The van der Waals surface area contributed by atoms with Gasteiger partial charge in [0.1, 0.15) is 5.60 Å². The minimum Gasteiger partial charge on any atom is -0.444 e. The summed E-state index contributed by atoms with van der Waals surface area (Å²) in [6.45, 7) is 12.4. The number of nitrogens with one attached hydrogen (secondary N) is 2. The Hall–Kier alpha value is -1.26. The molecule has 5 nitrogen and oxygen atoms in total. The zero-order valence-electron chi connectivity index (χ0n) is 16.3. The van der Waals surface area contributed by atoms with Crippen LogP contribution in [0.3, 0.4) is 0 Å². The van der Waals surface area contributed by atoms with Gasteiger partial charge in [-0.25, -0.2) is 4.79 Å². The first kappa shape index (κ1) is 20.8. The van der Waals surface area contributed by atoms with Crippen molar-refractivity contribution in [3.63, 3.8) is 0 Å². The lowest BCUT2D eigenvalue weighted by molar-refractivity contribution is -0.123. The lowest BCUT2D eigenvalue weighted by Crippen LogP contribution is -2.54. The molecule has 1 aliphatic carbocycles. The number of amides is 2. The van der Waals surface area contributed by atoms with E-state index in [-0.39, 0.29) is 11.4 Å². The molecule has 1 unspecified atom stereocenters. The SMILES string of the molecule is CC(C)CC(C)CC(=O)NC1(CNC(=O)OC(C)(C)C)CCCC1. The highest BCUT2D eigenvalue weighted by Gasteiger charge is 2.36. The molecule has 0 aromatic carbocycles. The van der Waals surface area contributed by atoms with Crippen LogP contribution in [0.25, 0.3) is 0 Å². The molecule has 0 aromatic rings. The van der Waals surface area contributed by atoms with Crippen molar-refractivity contribution >= 4 is 12.0 Å². The van der Waals surface area contributed by atoms with E-state index in [0.717, 1.165) is 32.1 Å². The summed E-state index contributed by atoms with van der Waals surface area (Å²) in [5, 5.41) is 6.04. The molecule has 0 aromatic heterocycles. The van der Waals surface area contributed by atoms with Crippen molar-refractivity contribution < 1.29 is 14.3 Å². The van der Waals surface area contributed by atoms with Crippen LogP contribution < -0.4 is 10.6 Å². The minimum atomic E-state index is -0.511. The molecule has 1 aliphatic rings. The van der Waals surface area contributed by atoms with Gasteiger partial charge < -0.3 is 15.4 Å². The van der Waals surface area contributed by atoms with Crippen molar-refractivity contribution in [2.45, 2.75) is 91.2 Å². The van der Waals surface area contributed by atoms with Crippen LogP contribution in [-0.4, -0.2) is 29.7 Å². The minimum absolute atomic E-state index is 0.0936. The summed E-state index contributed by atoms with van der Waals surface area (Å²) in [6.07, 6.45) is 5.16. The van der Waals surface area contributed by atoms with Crippen LogP contribution in [0.2, 0.25) is 0 Å². The van der Waals surface area contributed by atoms with Gasteiger partial charge in [-0.2, -0.15) is 0 Å². The first-order valence-electron chi connectivity index (χ1n) is 9.29. The highest BCUT2D eigenvalue weighted by molar-refractivity contribution is 5.77. The summed E-state index contributed by atoms with van der Waals surface area (Å²) in [7, 11) is 0. The Bertz CT molecular complexity index is 421. The maximum absolute atomic E-state index is 12.4. The van der Waals surface area contributed by atoms with Gasteiger partial charge in [-0.1, -0.05) is 33.6 Å². The molecule has 0 aliphatic heterocycles. The Balaban J connectivity index is 2.52. The van der Waals surface area contributed by atoms with E-state index in [1.54, 1.807) is 0 Å². The van der Waals surface area contributed by atoms with Crippen molar-refractivity contribution in [3.8, 4) is 0 Å². The summed E-state index contributed by atoms with van der Waals surface area (Å²) in [6, 6.07) is 0. The summed E-state index contributed by atoms with van der Waals surface area (Å²) in [4.78, 5) is 24.3. The standard InChI is InChI=1S/C19H36N2O3/c1-14(2)11-15(3)12-16(22)21-19(9-7-8-10-19)13-20-17(23)24-18(4,5)6/h14-15H,7-13H2,1-6H3,(H,20,23)(H,21,22). The fourth-order valence-corrected chi connectivity index (χ4v) is 3.50. The van der Waals surface area contributed by atoms with E-state index < -0.39 is 11.7 Å². The first-order chi connectivity index (χ1) is 11.0. The van der Waals surface area contributed by atoms with Gasteiger partial charge in [0, 0.05) is 13.0 Å². The van der Waals surface area contributed by atoms with E-state index in [1.165, 1.54) is 0 Å². The van der Waals surface area contributed by atoms with Crippen molar-refractivity contribution in [3.05, 3.63) is 0 Å². The molecule has 1 atom stereocenters. The van der Waals surface area contributed by atoms with Crippen LogP contribution in [0.5, 0.6) is 0 Å². The maximum atomic E-state index is 12.4. The van der Waals surface area contributed by atoms with Gasteiger partial charge in [0.25, 0.3) is 0 Å². The first-order valence-corrected chi connectivity index (χ1v) is 9.29. The predicted octanol–water partition coefficient (Wildman–Crippen LogP) is 4.01. The van der Waals surface area contributed by atoms with Crippen LogP contribution in [-0.2, 0) is 9.53 Å². The van der Waals surface area contributed by atoms with Crippen LogP contribution >= 0.6 is 0 Å². The third-order valence-corrected chi connectivity index (χ3v) is 4.34. The molecule has 0 radical (unpaired) electrons. The Morgan fingerprint density at radius 3 is 2.21 bits per heavy atom. The topological polar surface area (TPSA) is 67.4 Å². The van der Waals surface area contributed by atoms with Crippen molar-refractivity contribution in [2.24, 2.45) is 11.8 Å². The average molecular weight is 341 g/mol. The molecular formula is C19H36N2O3.